The number of nitrogens with one attached hydrogen (secondary N) is 1. The first-order valence-corrected chi connectivity index (χ1v) is 8.55. The lowest BCUT2D eigenvalue weighted by Gasteiger charge is -2.24. The summed E-state index contributed by atoms with van der Waals surface area (Å²) in [6.07, 6.45) is 6.50. The summed E-state index contributed by atoms with van der Waals surface area (Å²) in [7, 11) is 0. The second-order valence-electron chi connectivity index (χ2n) is 5.68. The molecule has 0 radical (unpaired) electrons. The molecular formula is C18H30ClN. The molecule has 2 unspecified atom stereocenters. The van der Waals surface area contributed by atoms with E-state index in [1.165, 1.54) is 37.7 Å². The number of benzene rings is 1. The summed E-state index contributed by atoms with van der Waals surface area (Å²) in [4.78, 5) is 0. The highest BCUT2D eigenvalue weighted by Gasteiger charge is 2.18. The third-order valence-corrected chi connectivity index (χ3v) is 4.49. The number of unbranched alkanes of at least 4 members (excludes halogenated alkanes) is 1. The third-order valence-electron chi connectivity index (χ3n) is 4.15. The van der Waals surface area contributed by atoms with Gasteiger partial charge in [-0.15, -0.1) is 0 Å². The summed E-state index contributed by atoms with van der Waals surface area (Å²) in [5.74, 6) is 1.35. The van der Waals surface area contributed by atoms with Gasteiger partial charge in [0.05, 0.1) is 0 Å². The van der Waals surface area contributed by atoms with Crippen molar-refractivity contribution in [3.63, 3.8) is 0 Å². The molecule has 1 nitrogen and oxygen atoms in total. The Balaban J connectivity index is 2.75. The summed E-state index contributed by atoms with van der Waals surface area (Å²) < 4.78 is 0. The lowest BCUT2D eigenvalue weighted by atomic mass is 9.85. The second kappa shape index (κ2) is 10.2. The molecule has 0 saturated carbocycles. The van der Waals surface area contributed by atoms with Crippen LogP contribution in [0.15, 0.2) is 24.3 Å². The molecule has 2 atom stereocenters. The minimum atomic E-state index is 0.533. The van der Waals surface area contributed by atoms with Gasteiger partial charge in [0.1, 0.15) is 0 Å². The minimum absolute atomic E-state index is 0.533. The van der Waals surface area contributed by atoms with E-state index in [9.17, 15) is 0 Å². The van der Waals surface area contributed by atoms with E-state index in [1.54, 1.807) is 0 Å². The van der Waals surface area contributed by atoms with Gasteiger partial charge in [0.15, 0.2) is 0 Å². The van der Waals surface area contributed by atoms with Crippen LogP contribution >= 0.6 is 11.6 Å². The third kappa shape index (κ3) is 5.85. The van der Waals surface area contributed by atoms with Crippen molar-refractivity contribution in [2.45, 2.75) is 58.8 Å². The highest BCUT2D eigenvalue weighted by molar-refractivity contribution is 6.31. The Morgan fingerprint density at radius 2 is 1.90 bits per heavy atom. The number of rotatable bonds is 10. The summed E-state index contributed by atoms with van der Waals surface area (Å²) >= 11 is 6.40. The highest BCUT2D eigenvalue weighted by atomic mass is 35.5. The predicted molar refractivity (Wildman–Crippen MR) is 90.7 cm³/mol. The molecule has 0 aliphatic rings. The zero-order valence-corrected chi connectivity index (χ0v) is 14.0. The van der Waals surface area contributed by atoms with Crippen LogP contribution < -0.4 is 5.32 Å². The van der Waals surface area contributed by atoms with Gasteiger partial charge < -0.3 is 5.32 Å². The Kier molecular flexibility index (Phi) is 8.97. The molecule has 0 spiro atoms. The molecule has 1 aromatic rings. The number of likely N-dealkylation sites (N-methyl/N-ethyl adjacent to an activating group) is 1. The first kappa shape index (κ1) is 17.5. The van der Waals surface area contributed by atoms with E-state index < -0.39 is 0 Å². The van der Waals surface area contributed by atoms with E-state index >= 15 is 0 Å². The maximum Gasteiger partial charge on any atom is 0.0441 e. The first-order chi connectivity index (χ1) is 9.72. The highest BCUT2D eigenvalue weighted by Crippen LogP contribution is 2.32. The SMILES string of the molecule is CCCCC(CC)CC(CNCC)c1ccccc1Cl. The Morgan fingerprint density at radius 3 is 2.50 bits per heavy atom. The fourth-order valence-electron chi connectivity index (χ4n) is 2.83. The molecule has 0 fully saturated rings. The first-order valence-electron chi connectivity index (χ1n) is 8.17. The van der Waals surface area contributed by atoms with Crippen LogP contribution in [0.4, 0.5) is 0 Å². The van der Waals surface area contributed by atoms with E-state index in [-0.39, 0.29) is 0 Å². The summed E-state index contributed by atoms with van der Waals surface area (Å²) in [5.41, 5.74) is 1.31. The van der Waals surface area contributed by atoms with Crippen molar-refractivity contribution in [3.8, 4) is 0 Å². The summed E-state index contributed by atoms with van der Waals surface area (Å²) in [6.45, 7) is 8.81. The summed E-state index contributed by atoms with van der Waals surface area (Å²) in [6, 6.07) is 8.33. The lowest BCUT2D eigenvalue weighted by molar-refractivity contribution is 0.377. The lowest BCUT2D eigenvalue weighted by Crippen LogP contribution is -2.23. The average Bonchev–Trinajstić information content (AvgIpc) is 2.47. The fourth-order valence-corrected chi connectivity index (χ4v) is 3.12. The van der Waals surface area contributed by atoms with Crippen molar-refractivity contribution < 1.29 is 0 Å². The molecule has 0 bridgehead atoms. The molecule has 1 N–H and O–H groups in total. The standard InChI is InChI=1S/C18H30ClN/c1-4-7-10-15(5-2)13-16(14-20-6-3)17-11-8-9-12-18(17)19/h8-9,11-12,15-16,20H,4-7,10,13-14H2,1-3H3. The molecule has 0 heterocycles. The molecule has 0 aromatic heterocycles. The van der Waals surface area contributed by atoms with Crippen LogP contribution in [0.3, 0.4) is 0 Å². The molecule has 0 amide bonds. The molecular weight excluding hydrogens is 266 g/mol. The van der Waals surface area contributed by atoms with Crippen LogP contribution in [0, 0.1) is 5.92 Å². The van der Waals surface area contributed by atoms with Gasteiger partial charge in [-0.05, 0) is 36.4 Å². The maximum atomic E-state index is 6.40. The van der Waals surface area contributed by atoms with Crippen molar-refractivity contribution in [1.82, 2.24) is 5.32 Å². The number of hydrogen-bond acceptors (Lipinski definition) is 1. The van der Waals surface area contributed by atoms with Gasteiger partial charge in [0.25, 0.3) is 0 Å². The van der Waals surface area contributed by atoms with Gasteiger partial charge in [-0.25, -0.2) is 0 Å². The van der Waals surface area contributed by atoms with Gasteiger partial charge in [-0.3, -0.25) is 0 Å². The molecule has 0 aliphatic carbocycles. The number of hydrogen-bond donors (Lipinski definition) is 1. The predicted octanol–water partition coefficient (Wildman–Crippen LogP) is 5.64. The number of halogens is 1. The average molecular weight is 296 g/mol. The van der Waals surface area contributed by atoms with Gasteiger partial charge in [0, 0.05) is 11.6 Å². The molecule has 114 valence electrons. The molecule has 1 rings (SSSR count). The van der Waals surface area contributed by atoms with Gasteiger partial charge in [-0.2, -0.15) is 0 Å². The van der Waals surface area contributed by atoms with Crippen molar-refractivity contribution in [3.05, 3.63) is 34.9 Å². The topological polar surface area (TPSA) is 12.0 Å². The van der Waals surface area contributed by atoms with Crippen molar-refractivity contribution in [2.75, 3.05) is 13.1 Å². The van der Waals surface area contributed by atoms with Crippen LogP contribution in [0.2, 0.25) is 5.02 Å². The van der Waals surface area contributed by atoms with Gasteiger partial charge in [-0.1, -0.05) is 76.3 Å². The zero-order valence-electron chi connectivity index (χ0n) is 13.3. The van der Waals surface area contributed by atoms with Crippen molar-refractivity contribution in [1.29, 1.82) is 0 Å². The van der Waals surface area contributed by atoms with Crippen LogP contribution in [-0.2, 0) is 0 Å². The van der Waals surface area contributed by atoms with E-state index in [0.29, 0.717) is 5.92 Å². The van der Waals surface area contributed by atoms with Crippen LogP contribution in [-0.4, -0.2) is 13.1 Å². The van der Waals surface area contributed by atoms with Crippen molar-refractivity contribution >= 4 is 11.6 Å². The monoisotopic (exact) mass is 295 g/mol. The Bertz CT molecular complexity index is 364. The molecule has 20 heavy (non-hydrogen) atoms. The smallest absolute Gasteiger partial charge is 0.0441 e. The van der Waals surface area contributed by atoms with Crippen LogP contribution in [0.5, 0.6) is 0 Å². The van der Waals surface area contributed by atoms with Crippen molar-refractivity contribution in [2.24, 2.45) is 5.92 Å². The molecule has 0 aliphatic heterocycles. The van der Waals surface area contributed by atoms with Gasteiger partial charge in [0.2, 0.25) is 0 Å². The Morgan fingerprint density at radius 1 is 1.15 bits per heavy atom. The Labute approximate surface area is 130 Å². The largest absolute Gasteiger partial charge is 0.316 e. The zero-order chi connectivity index (χ0) is 14.8. The minimum Gasteiger partial charge on any atom is -0.316 e. The molecule has 0 saturated heterocycles. The van der Waals surface area contributed by atoms with E-state index in [4.69, 9.17) is 11.6 Å². The van der Waals surface area contributed by atoms with Crippen LogP contribution in [0.25, 0.3) is 0 Å². The normalized spacial score (nSPS) is 14.2. The van der Waals surface area contributed by atoms with E-state index in [0.717, 1.165) is 24.0 Å². The molecule has 2 heteroatoms. The van der Waals surface area contributed by atoms with Gasteiger partial charge >= 0.3 is 0 Å². The quantitative estimate of drug-likeness (QED) is 0.589. The van der Waals surface area contributed by atoms with E-state index in [2.05, 4.69) is 38.2 Å². The Hall–Kier alpha value is -0.530. The van der Waals surface area contributed by atoms with Crippen LogP contribution in [0.1, 0.15) is 64.4 Å². The molecule has 1 aromatic carbocycles. The fraction of sp³-hybridized carbons (Fsp3) is 0.667. The maximum absolute atomic E-state index is 6.40. The summed E-state index contributed by atoms with van der Waals surface area (Å²) in [5, 5.41) is 4.42. The van der Waals surface area contributed by atoms with E-state index in [1.807, 2.05) is 12.1 Å². The second-order valence-corrected chi connectivity index (χ2v) is 6.09.